The van der Waals surface area contributed by atoms with E-state index in [1.165, 1.54) is 48.9 Å². The van der Waals surface area contributed by atoms with Gasteiger partial charge in [-0.2, -0.15) is 0 Å². The molecule has 0 N–H and O–H groups in total. The molecule has 0 unspecified atom stereocenters. The van der Waals surface area contributed by atoms with Gasteiger partial charge in [-0.1, -0.05) is 141 Å². The van der Waals surface area contributed by atoms with Crippen LogP contribution in [0.1, 0.15) is 0 Å². The van der Waals surface area contributed by atoms with Crippen LogP contribution in [0.5, 0.6) is 11.5 Å². The van der Waals surface area contributed by atoms with Crippen LogP contribution in [-0.2, 0) is 9.59 Å². The van der Waals surface area contributed by atoms with Crippen molar-refractivity contribution in [2.75, 3.05) is 25.0 Å². The molecule has 3 aromatic carbocycles. The molecule has 9 rings (SSSR count). The Morgan fingerprint density at radius 1 is 0.431 bits per heavy atom. The summed E-state index contributed by atoms with van der Waals surface area (Å²) in [5.41, 5.74) is 0. The van der Waals surface area contributed by atoms with Gasteiger partial charge in [-0.3, -0.25) is 0 Å². The second kappa shape index (κ2) is 19.6. The van der Waals surface area contributed by atoms with Gasteiger partial charge in [0.1, 0.15) is 21.3 Å². The summed E-state index contributed by atoms with van der Waals surface area (Å²) in [4.78, 5) is 28.5. The topological polar surface area (TPSA) is 52.6 Å². The number of hydrogen-bond donors (Lipinski definition) is 0. The standard InChI is InChI=1S/C38H24O4S16/c1-43-31-32(44-2)56-29(55-31)25-19-7-5-18(42-28(40)24-16-52-38(54-24)36-49-11-12-50-36)14-22(19)26(30-57-33(45-3)34(46-4)58-30)20-8-6-17(13-21(20)25)41-27(39)23-15-51-37(53-23)35-47-9-10-48-35/h5-16H,1-4H3. The van der Waals surface area contributed by atoms with Crippen LogP contribution in [0.4, 0.5) is 0 Å². The first-order chi connectivity index (χ1) is 28.3. The fraction of sp³-hybridized carbons (Fsp3) is 0.105. The van der Waals surface area contributed by atoms with Crippen molar-refractivity contribution >= 4 is 230 Å². The monoisotopic (exact) mass is 1060 g/mol. The van der Waals surface area contributed by atoms with Crippen LogP contribution >= 0.6 is 188 Å². The molecular formula is C38H24O4S16. The van der Waals surface area contributed by atoms with Crippen LogP contribution in [0, 0.1) is 0 Å². The van der Waals surface area contributed by atoms with Crippen LogP contribution in [0.25, 0.3) is 30.0 Å². The molecule has 6 aliphatic rings. The molecule has 0 fully saturated rings. The molecule has 0 aromatic heterocycles. The highest BCUT2D eigenvalue weighted by molar-refractivity contribution is 8.46. The van der Waals surface area contributed by atoms with Crippen molar-refractivity contribution in [1.29, 1.82) is 0 Å². The molecule has 20 heteroatoms. The second-order valence-corrected chi connectivity index (χ2v) is 28.9. The molecule has 0 aliphatic carbocycles. The van der Waals surface area contributed by atoms with Crippen molar-refractivity contribution < 1.29 is 19.1 Å². The number of thioether (sulfide) groups is 16. The van der Waals surface area contributed by atoms with E-state index in [-0.39, 0.29) is 11.9 Å². The van der Waals surface area contributed by atoms with Crippen molar-refractivity contribution in [3.05, 3.63) is 123 Å². The summed E-state index contributed by atoms with van der Waals surface area (Å²) in [6.45, 7) is 0. The third-order valence-electron chi connectivity index (χ3n) is 8.20. The smallest absolute Gasteiger partial charge is 0.350 e. The molecule has 58 heavy (non-hydrogen) atoms. The molecule has 4 nitrogen and oxygen atoms in total. The minimum absolute atomic E-state index is 0.361. The lowest BCUT2D eigenvalue weighted by Gasteiger charge is -2.14. The summed E-state index contributed by atoms with van der Waals surface area (Å²) >= 11 is 27.0. The molecule has 0 amide bonds. The van der Waals surface area contributed by atoms with Gasteiger partial charge >= 0.3 is 11.9 Å². The van der Waals surface area contributed by atoms with Crippen LogP contribution in [-0.4, -0.2) is 37.0 Å². The SMILES string of the molecule is CSC1=C(SC)SC(=c2c3ccc(OC(=O)C4=CSC(=C5SC=CS5)S4)cc3c(=C3SC(SC)=C(SC)S3)c3ccc(OC(=O)C4=CSC(=C5SC=CS5)S4)cc23)S1. The van der Waals surface area contributed by atoms with Gasteiger partial charge in [0.05, 0.1) is 42.4 Å². The van der Waals surface area contributed by atoms with E-state index in [2.05, 4.69) is 58.8 Å². The minimum atomic E-state index is -0.361. The first kappa shape index (κ1) is 43.6. The van der Waals surface area contributed by atoms with Crippen molar-refractivity contribution in [2.45, 2.75) is 0 Å². The number of esters is 2. The van der Waals surface area contributed by atoms with Gasteiger partial charge in [0, 0.05) is 10.4 Å². The van der Waals surface area contributed by atoms with Crippen LogP contribution in [0.15, 0.2) is 113 Å². The number of fused-ring (bicyclic) bond motifs is 2. The van der Waals surface area contributed by atoms with E-state index in [9.17, 15) is 9.59 Å². The van der Waals surface area contributed by atoms with Crippen molar-refractivity contribution in [3.8, 4) is 11.5 Å². The van der Waals surface area contributed by atoms with E-state index in [0.29, 0.717) is 21.3 Å². The van der Waals surface area contributed by atoms with E-state index in [1.807, 2.05) is 35.1 Å². The van der Waals surface area contributed by atoms with Gasteiger partial charge in [-0.05, 0) is 115 Å². The molecule has 0 bridgehead atoms. The average Bonchev–Trinajstić information content (AvgIpc) is 4.10. The zero-order chi connectivity index (χ0) is 39.9. The van der Waals surface area contributed by atoms with Crippen molar-refractivity contribution in [3.63, 3.8) is 0 Å². The Kier molecular flexibility index (Phi) is 14.8. The molecule has 0 atom stereocenters. The Morgan fingerprint density at radius 2 is 0.793 bits per heavy atom. The van der Waals surface area contributed by atoms with Crippen LogP contribution in [0.3, 0.4) is 0 Å². The van der Waals surface area contributed by atoms with Crippen LogP contribution in [0.2, 0.25) is 0 Å². The number of rotatable bonds is 8. The largest absolute Gasteiger partial charge is 0.423 e. The summed E-state index contributed by atoms with van der Waals surface area (Å²) in [6, 6.07) is 12.1. The van der Waals surface area contributed by atoms with Gasteiger partial charge in [0.2, 0.25) is 0 Å². The van der Waals surface area contributed by atoms with Gasteiger partial charge < -0.3 is 9.47 Å². The zero-order valence-corrected chi connectivity index (χ0v) is 43.2. The predicted molar refractivity (Wildman–Crippen MR) is 286 cm³/mol. The van der Waals surface area contributed by atoms with Gasteiger partial charge in [0.15, 0.2) is 0 Å². The molecule has 0 saturated carbocycles. The summed E-state index contributed by atoms with van der Waals surface area (Å²) in [5, 5.41) is 18.3. The molecule has 0 spiro atoms. The summed E-state index contributed by atoms with van der Waals surface area (Å²) in [7, 11) is 0. The highest BCUT2D eigenvalue weighted by atomic mass is 32.3. The third-order valence-corrected chi connectivity index (χ3v) is 28.7. The Morgan fingerprint density at radius 3 is 1.14 bits per heavy atom. The molecule has 6 aliphatic heterocycles. The molecule has 296 valence electrons. The summed E-state index contributed by atoms with van der Waals surface area (Å²) in [6.07, 6.45) is 8.49. The number of hydrogen-bond acceptors (Lipinski definition) is 20. The van der Waals surface area contributed by atoms with E-state index in [1.54, 1.807) is 165 Å². The maximum absolute atomic E-state index is 13.7. The van der Waals surface area contributed by atoms with Gasteiger partial charge in [-0.25, -0.2) is 9.59 Å². The molecule has 0 radical (unpaired) electrons. The number of carbonyl (C=O) groups is 2. The van der Waals surface area contributed by atoms with E-state index < -0.39 is 0 Å². The third kappa shape index (κ3) is 9.03. The normalized spacial score (nSPS) is 19.4. The lowest BCUT2D eigenvalue weighted by molar-refractivity contribution is -0.130. The Bertz CT molecular complexity index is 2480. The lowest BCUT2D eigenvalue weighted by Crippen LogP contribution is -2.18. The van der Waals surface area contributed by atoms with Gasteiger partial charge in [0.25, 0.3) is 0 Å². The molecular weight excluding hydrogens is 1030 g/mol. The van der Waals surface area contributed by atoms with Crippen LogP contribution < -0.4 is 19.9 Å². The lowest BCUT2D eigenvalue weighted by atomic mass is 9.98. The first-order valence-corrected chi connectivity index (χ1v) is 31.6. The average molecular weight is 1060 g/mol. The van der Waals surface area contributed by atoms with E-state index in [0.717, 1.165) is 48.9 Å². The molecule has 0 saturated heterocycles. The highest BCUT2D eigenvalue weighted by Crippen LogP contribution is 2.59. The first-order valence-electron chi connectivity index (χ1n) is 16.5. The zero-order valence-electron chi connectivity index (χ0n) is 30.1. The number of carbonyl (C=O) groups excluding carboxylic acids is 2. The predicted octanol–water partition coefficient (Wildman–Crippen LogP) is 15.4. The molecule has 3 aromatic rings. The highest BCUT2D eigenvalue weighted by Gasteiger charge is 2.29. The van der Waals surface area contributed by atoms with Crippen molar-refractivity contribution in [2.24, 2.45) is 0 Å². The molecule has 6 heterocycles. The maximum atomic E-state index is 13.7. The van der Waals surface area contributed by atoms with E-state index >= 15 is 0 Å². The number of benzene rings is 3. The minimum Gasteiger partial charge on any atom is -0.423 e. The fourth-order valence-electron chi connectivity index (χ4n) is 5.79. The maximum Gasteiger partial charge on any atom is 0.350 e. The quantitative estimate of drug-likeness (QED) is 0.122. The summed E-state index contributed by atoms with van der Waals surface area (Å²) < 4.78 is 24.3. The number of ether oxygens (including phenoxy) is 2. The Hall–Kier alpha value is 0.380. The Balaban J connectivity index is 1.18. The fourth-order valence-corrected chi connectivity index (χ4v) is 24.7. The van der Waals surface area contributed by atoms with Crippen molar-refractivity contribution in [1.82, 2.24) is 0 Å². The second-order valence-electron chi connectivity index (χ2n) is 11.5. The Labute approximate surface area is 403 Å². The van der Waals surface area contributed by atoms with E-state index in [4.69, 9.17) is 9.47 Å². The van der Waals surface area contributed by atoms with Gasteiger partial charge in [-0.15, -0.1) is 47.0 Å². The summed E-state index contributed by atoms with van der Waals surface area (Å²) in [5.74, 6) is 0.268.